The van der Waals surface area contributed by atoms with E-state index in [9.17, 15) is 18.0 Å². The van der Waals surface area contributed by atoms with Crippen LogP contribution in [0, 0.1) is 6.92 Å². The van der Waals surface area contributed by atoms with Crippen molar-refractivity contribution in [2.75, 3.05) is 19.1 Å². The first-order chi connectivity index (χ1) is 20.5. The van der Waals surface area contributed by atoms with Crippen molar-refractivity contribution in [2.24, 2.45) is 0 Å². The quantitative estimate of drug-likeness (QED) is 0.201. The standard InChI is InChI=1S/C32H27ClF3N5O2/c1-19-4-5-21(15-40-31(42)30-29(33)26(10-11-37-30)32(34,35)36)12-25(19)22-13-23-17-39-28(14-27(23)38-16-22)41(2)18-20-6-8-24(43-3)9-7-20/h4-14,16-17H,15,18H2,1-3H3,(H,40,42). The number of carbonyl (C=O) groups excluding carboxylic acids is 1. The number of hydrogen-bond donors (Lipinski definition) is 1. The first kappa shape index (κ1) is 29.8. The molecule has 220 valence electrons. The third-order valence-electron chi connectivity index (χ3n) is 7.00. The zero-order chi connectivity index (χ0) is 30.7. The van der Waals surface area contributed by atoms with Crippen LogP contribution in [-0.4, -0.2) is 35.0 Å². The molecular formula is C32H27ClF3N5O2. The summed E-state index contributed by atoms with van der Waals surface area (Å²) in [5.41, 5.74) is 3.81. The number of aromatic nitrogens is 3. The van der Waals surface area contributed by atoms with E-state index in [-0.39, 0.29) is 6.54 Å². The number of anilines is 1. The molecule has 0 saturated carbocycles. The summed E-state index contributed by atoms with van der Waals surface area (Å²) in [6.45, 7) is 2.69. The smallest absolute Gasteiger partial charge is 0.417 e. The number of pyridine rings is 3. The van der Waals surface area contributed by atoms with Crippen molar-refractivity contribution >= 4 is 34.2 Å². The van der Waals surface area contributed by atoms with Gasteiger partial charge in [0.2, 0.25) is 0 Å². The van der Waals surface area contributed by atoms with Crippen molar-refractivity contribution in [3.63, 3.8) is 0 Å². The topological polar surface area (TPSA) is 80.2 Å². The minimum absolute atomic E-state index is 0.0623. The van der Waals surface area contributed by atoms with Gasteiger partial charge in [0.15, 0.2) is 0 Å². The van der Waals surface area contributed by atoms with Crippen LogP contribution in [0.1, 0.15) is 32.7 Å². The van der Waals surface area contributed by atoms with Gasteiger partial charge in [-0.1, -0.05) is 35.9 Å². The molecule has 0 fully saturated rings. The van der Waals surface area contributed by atoms with Crippen LogP contribution in [0.4, 0.5) is 19.0 Å². The van der Waals surface area contributed by atoms with Crippen LogP contribution in [0.5, 0.6) is 5.75 Å². The number of ether oxygens (including phenoxy) is 1. The molecule has 0 radical (unpaired) electrons. The van der Waals surface area contributed by atoms with Crippen molar-refractivity contribution in [1.29, 1.82) is 0 Å². The summed E-state index contributed by atoms with van der Waals surface area (Å²) in [5, 5.41) is 2.74. The molecule has 1 N–H and O–H groups in total. The molecule has 5 rings (SSSR count). The first-order valence-corrected chi connectivity index (χ1v) is 13.6. The Kier molecular flexibility index (Phi) is 8.50. The molecule has 0 spiro atoms. The number of nitrogens with one attached hydrogen (secondary N) is 1. The van der Waals surface area contributed by atoms with E-state index in [2.05, 4.69) is 20.3 Å². The summed E-state index contributed by atoms with van der Waals surface area (Å²) in [7, 11) is 3.61. The molecule has 3 heterocycles. The van der Waals surface area contributed by atoms with Gasteiger partial charge in [-0.25, -0.2) is 9.97 Å². The van der Waals surface area contributed by atoms with E-state index < -0.39 is 28.4 Å². The molecule has 0 saturated heterocycles. The molecule has 0 aliphatic rings. The van der Waals surface area contributed by atoms with E-state index >= 15 is 0 Å². The lowest BCUT2D eigenvalue weighted by molar-refractivity contribution is -0.137. The van der Waals surface area contributed by atoms with Gasteiger partial charge in [-0.3, -0.25) is 9.78 Å². The summed E-state index contributed by atoms with van der Waals surface area (Å²) in [6.07, 6.45) is -0.209. The van der Waals surface area contributed by atoms with E-state index in [1.165, 1.54) is 0 Å². The van der Waals surface area contributed by atoms with Gasteiger partial charge >= 0.3 is 6.18 Å². The molecule has 2 aromatic carbocycles. The Balaban J connectivity index is 1.31. The van der Waals surface area contributed by atoms with Crippen molar-refractivity contribution in [2.45, 2.75) is 26.2 Å². The molecular weight excluding hydrogens is 579 g/mol. The number of halogens is 4. The highest BCUT2D eigenvalue weighted by molar-refractivity contribution is 6.34. The molecule has 0 bridgehead atoms. The Morgan fingerprint density at radius 1 is 0.977 bits per heavy atom. The number of aryl methyl sites for hydroxylation is 1. The molecule has 1 amide bonds. The van der Waals surface area contributed by atoms with Crippen LogP contribution in [0.15, 0.2) is 79.3 Å². The predicted molar refractivity (Wildman–Crippen MR) is 160 cm³/mol. The molecule has 3 aromatic heterocycles. The highest BCUT2D eigenvalue weighted by Crippen LogP contribution is 2.35. The lowest BCUT2D eigenvalue weighted by Gasteiger charge is -2.19. The fourth-order valence-electron chi connectivity index (χ4n) is 4.63. The SMILES string of the molecule is COc1ccc(CN(C)c2cc3ncc(-c4cc(CNC(=O)c5nccc(C(F)(F)F)c5Cl)ccc4C)cc3cn2)cc1. The van der Waals surface area contributed by atoms with Gasteiger partial charge in [0.05, 0.1) is 23.2 Å². The second-order valence-corrected chi connectivity index (χ2v) is 10.4. The van der Waals surface area contributed by atoms with Crippen molar-refractivity contribution in [3.05, 3.63) is 112 Å². The highest BCUT2D eigenvalue weighted by atomic mass is 35.5. The fraction of sp³-hybridized carbons (Fsp3) is 0.188. The van der Waals surface area contributed by atoms with Crippen molar-refractivity contribution in [1.82, 2.24) is 20.3 Å². The zero-order valence-electron chi connectivity index (χ0n) is 23.5. The van der Waals surface area contributed by atoms with E-state index in [4.69, 9.17) is 16.3 Å². The zero-order valence-corrected chi connectivity index (χ0v) is 24.3. The van der Waals surface area contributed by atoms with Gasteiger partial charge in [-0.15, -0.1) is 0 Å². The summed E-state index contributed by atoms with van der Waals surface area (Å²) in [5.74, 6) is 0.787. The van der Waals surface area contributed by atoms with Crippen LogP contribution in [0.2, 0.25) is 5.02 Å². The normalized spacial score (nSPS) is 11.4. The molecule has 0 unspecified atom stereocenters. The summed E-state index contributed by atoms with van der Waals surface area (Å²) >= 11 is 5.86. The number of fused-ring (bicyclic) bond motifs is 1. The van der Waals surface area contributed by atoms with E-state index in [0.29, 0.717) is 6.54 Å². The maximum absolute atomic E-state index is 13.2. The van der Waals surface area contributed by atoms with E-state index in [1.54, 1.807) is 19.5 Å². The second kappa shape index (κ2) is 12.3. The molecule has 0 aliphatic heterocycles. The minimum atomic E-state index is -4.70. The van der Waals surface area contributed by atoms with Gasteiger partial charge in [0, 0.05) is 55.7 Å². The average Bonchev–Trinajstić information content (AvgIpc) is 3.00. The number of rotatable bonds is 8. The maximum Gasteiger partial charge on any atom is 0.417 e. The lowest BCUT2D eigenvalue weighted by Crippen LogP contribution is -2.25. The Hall–Kier alpha value is -4.70. The van der Waals surface area contributed by atoms with E-state index in [0.717, 1.165) is 62.6 Å². The van der Waals surface area contributed by atoms with Crippen LogP contribution >= 0.6 is 11.6 Å². The molecule has 43 heavy (non-hydrogen) atoms. The average molecular weight is 606 g/mol. The van der Waals surface area contributed by atoms with Crippen LogP contribution in [-0.2, 0) is 19.3 Å². The number of methoxy groups -OCH3 is 1. The maximum atomic E-state index is 13.2. The van der Waals surface area contributed by atoms with Gasteiger partial charge in [-0.05, 0) is 59.5 Å². The Morgan fingerprint density at radius 3 is 2.44 bits per heavy atom. The third kappa shape index (κ3) is 6.70. The summed E-state index contributed by atoms with van der Waals surface area (Å²) in [6, 6.07) is 18.2. The van der Waals surface area contributed by atoms with Gasteiger partial charge in [0.1, 0.15) is 17.3 Å². The van der Waals surface area contributed by atoms with Gasteiger partial charge in [-0.2, -0.15) is 13.2 Å². The monoisotopic (exact) mass is 605 g/mol. The number of nitrogens with zero attached hydrogens (tertiary/aromatic N) is 4. The number of carbonyl (C=O) groups is 1. The van der Waals surface area contributed by atoms with Crippen molar-refractivity contribution < 1.29 is 22.7 Å². The van der Waals surface area contributed by atoms with Gasteiger partial charge < -0.3 is 15.0 Å². The fourth-order valence-corrected chi connectivity index (χ4v) is 4.94. The molecule has 7 nitrogen and oxygen atoms in total. The van der Waals surface area contributed by atoms with Crippen LogP contribution in [0.25, 0.3) is 22.0 Å². The number of benzene rings is 2. The number of hydrogen-bond acceptors (Lipinski definition) is 6. The summed E-state index contributed by atoms with van der Waals surface area (Å²) in [4.78, 5) is 27.8. The van der Waals surface area contributed by atoms with Crippen LogP contribution < -0.4 is 15.0 Å². The van der Waals surface area contributed by atoms with Gasteiger partial charge in [0.25, 0.3) is 5.91 Å². The predicted octanol–water partition coefficient (Wildman–Crippen LogP) is 7.25. The lowest BCUT2D eigenvalue weighted by atomic mass is 9.98. The molecule has 0 aliphatic carbocycles. The Bertz CT molecular complexity index is 1800. The molecule has 5 aromatic rings. The Morgan fingerprint density at radius 2 is 1.72 bits per heavy atom. The largest absolute Gasteiger partial charge is 0.497 e. The first-order valence-electron chi connectivity index (χ1n) is 13.2. The number of alkyl halides is 3. The third-order valence-corrected chi connectivity index (χ3v) is 7.38. The van der Waals surface area contributed by atoms with Crippen LogP contribution in [0.3, 0.4) is 0 Å². The Labute approximate surface area is 251 Å². The number of amides is 1. The van der Waals surface area contributed by atoms with Crippen molar-refractivity contribution in [3.8, 4) is 16.9 Å². The summed E-state index contributed by atoms with van der Waals surface area (Å²) < 4.78 is 44.8. The second-order valence-electron chi connectivity index (χ2n) is 10.0. The molecule has 11 heteroatoms. The minimum Gasteiger partial charge on any atom is -0.497 e. The van der Waals surface area contributed by atoms with E-state index in [1.807, 2.05) is 73.5 Å². The molecule has 0 atom stereocenters. The highest BCUT2D eigenvalue weighted by Gasteiger charge is 2.35.